The molecule has 3 atom stereocenters. The van der Waals surface area contributed by atoms with Crippen molar-refractivity contribution in [1.29, 1.82) is 0 Å². The maximum atomic E-state index is 14.8. The van der Waals surface area contributed by atoms with E-state index in [0.717, 1.165) is 46.0 Å². The highest BCUT2D eigenvalue weighted by atomic mass is 32.1. The number of hydrogen-bond acceptors (Lipinski definition) is 15. The molecule has 2 aliphatic heterocycles. The number of carbonyl (C=O) groups is 4. The number of anilines is 1. The number of rotatable bonds is 20. The number of aromatic nitrogens is 5. The van der Waals surface area contributed by atoms with Crippen molar-refractivity contribution < 1.29 is 42.9 Å². The number of aromatic amines is 1. The zero-order valence-electron chi connectivity index (χ0n) is 41.7. The van der Waals surface area contributed by atoms with E-state index in [-0.39, 0.29) is 75.7 Å². The van der Waals surface area contributed by atoms with Crippen molar-refractivity contribution in [2.24, 2.45) is 5.41 Å². The van der Waals surface area contributed by atoms with E-state index < -0.39 is 41.2 Å². The second-order valence-electron chi connectivity index (χ2n) is 19.1. The SMILES string of the molecule is COc1cccc(F)c1-c1ncc2[nH]nc(-c3ccc(N4CCN(CC(=O)NCCOCCOCC(=O)N[C@H](C(=O)N5C[C@H](O)C[C@H]5C(=O)NCc5ccc(-c6scnc6C)cc5)C(C)(C)C)CC4)cc3)c2n1. The van der Waals surface area contributed by atoms with Crippen LogP contribution >= 0.6 is 11.3 Å². The van der Waals surface area contributed by atoms with Gasteiger partial charge in [-0.2, -0.15) is 5.10 Å². The van der Waals surface area contributed by atoms with Crippen molar-refractivity contribution in [2.45, 2.75) is 58.8 Å². The van der Waals surface area contributed by atoms with Crippen molar-refractivity contribution in [1.82, 2.24) is 50.9 Å². The van der Waals surface area contributed by atoms with E-state index in [1.54, 1.807) is 35.2 Å². The van der Waals surface area contributed by atoms with Crippen LogP contribution < -0.4 is 25.6 Å². The van der Waals surface area contributed by atoms with Crippen molar-refractivity contribution >= 4 is 51.7 Å². The average Bonchev–Trinajstić information content (AvgIpc) is 4.13. The number of benzene rings is 3. The number of methoxy groups -OCH3 is 1. The summed E-state index contributed by atoms with van der Waals surface area (Å²) in [6.45, 7) is 11.3. The molecule has 3 aromatic heterocycles. The van der Waals surface area contributed by atoms with E-state index in [1.165, 1.54) is 18.1 Å². The number of aliphatic hydroxyl groups is 1. The summed E-state index contributed by atoms with van der Waals surface area (Å²) in [5.74, 6) is -1.41. The number of nitrogens with one attached hydrogen (secondary N) is 4. The van der Waals surface area contributed by atoms with Crippen molar-refractivity contribution in [3.8, 4) is 38.8 Å². The molecular weight excluding hydrogens is 958 g/mol. The molecule has 5 N–H and O–H groups in total. The van der Waals surface area contributed by atoms with Crippen molar-refractivity contribution in [3.05, 3.63) is 95.5 Å². The number of carbonyl (C=O) groups excluding carboxylic acids is 4. The molecule has 2 fully saturated rings. The highest BCUT2D eigenvalue weighted by Crippen LogP contribution is 2.34. The van der Waals surface area contributed by atoms with Crippen LogP contribution in [0.2, 0.25) is 0 Å². The Kier molecular flexibility index (Phi) is 17.1. The normalized spacial score (nSPS) is 16.6. The first-order valence-corrected chi connectivity index (χ1v) is 25.1. The Morgan fingerprint density at radius 2 is 1.66 bits per heavy atom. The minimum absolute atomic E-state index is 0.0315. The van der Waals surface area contributed by atoms with Gasteiger partial charge in [-0.25, -0.2) is 19.3 Å². The first-order chi connectivity index (χ1) is 35.2. The van der Waals surface area contributed by atoms with Crippen LogP contribution in [-0.4, -0.2) is 161 Å². The number of aryl methyl sites for hydroxylation is 1. The van der Waals surface area contributed by atoms with Gasteiger partial charge in [0.2, 0.25) is 23.6 Å². The molecule has 3 aromatic carbocycles. The third kappa shape index (κ3) is 13.0. The lowest BCUT2D eigenvalue weighted by atomic mass is 9.85. The summed E-state index contributed by atoms with van der Waals surface area (Å²) < 4.78 is 31.4. The molecule has 8 rings (SSSR count). The molecule has 2 saturated heterocycles. The van der Waals surface area contributed by atoms with Crippen LogP contribution in [0.4, 0.5) is 10.1 Å². The number of β-amino-alcohol motifs (C(OH)–C–C–N with tert-alkyl or cyclic N) is 1. The number of halogens is 1. The van der Waals surface area contributed by atoms with Gasteiger partial charge in [0.05, 0.1) is 67.4 Å². The summed E-state index contributed by atoms with van der Waals surface area (Å²) in [6.07, 6.45) is 0.781. The van der Waals surface area contributed by atoms with Gasteiger partial charge in [-0.3, -0.25) is 29.2 Å². The number of nitrogens with zero attached hydrogens (tertiary/aromatic N) is 7. The molecule has 0 spiro atoms. The fourth-order valence-electron chi connectivity index (χ4n) is 8.91. The number of likely N-dealkylation sites (tertiary alicyclic amines) is 1. The number of ether oxygens (including phenoxy) is 3. The second-order valence-corrected chi connectivity index (χ2v) is 20.0. The molecule has 2 aliphatic rings. The molecule has 19 nitrogen and oxygen atoms in total. The molecular formula is C52H62FN11O8S. The lowest BCUT2D eigenvalue weighted by Crippen LogP contribution is -2.58. The van der Waals surface area contributed by atoms with Gasteiger partial charge in [0.1, 0.15) is 47.0 Å². The Morgan fingerprint density at radius 1 is 0.918 bits per heavy atom. The average molecular weight is 1020 g/mol. The molecule has 0 aliphatic carbocycles. The minimum Gasteiger partial charge on any atom is -0.496 e. The van der Waals surface area contributed by atoms with E-state index in [2.05, 4.69) is 50.9 Å². The third-order valence-electron chi connectivity index (χ3n) is 12.9. The lowest BCUT2D eigenvalue weighted by Gasteiger charge is -2.35. The molecule has 0 radical (unpaired) electrons. The highest BCUT2D eigenvalue weighted by Gasteiger charge is 2.44. The maximum absolute atomic E-state index is 14.8. The Bertz CT molecular complexity index is 2870. The first kappa shape index (κ1) is 52.4. The van der Waals surface area contributed by atoms with Crippen LogP contribution in [0.5, 0.6) is 5.75 Å². The summed E-state index contributed by atoms with van der Waals surface area (Å²) >= 11 is 1.57. The molecule has 386 valence electrons. The predicted molar refractivity (Wildman–Crippen MR) is 274 cm³/mol. The largest absolute Gasteiger partial charge is 0.496 e. The zero-order valence-corrected chi connectivity index (χ0v) is 42.5. The Labute approximate surface area is 426 Å². The van der Waals surface area contributed by atoms with E-state index in [9.17, 15) is 28.7 Å². The topological polar surface area (TPSA) is 229 Å². The number of amides is 4. The number of aliphatic hydroxyl groups excluding tert-OH is 1. The number of H-pyrrole nitrogens is 1. The lowest BCUT2D eigenvalue weighted by molar-refractivity contribution is -0.144. The van der Waals surface area contributed by atoms with Gasteiger partial charge < -0.3 is 45.1 Å². The van der Waals surface area contributed by atoms with Gasteiger partial charge in [0.15, 0.2) is 5.82 Å². The number of fused-ring (bicyclic) bond motifs is 1. The Hall–Kier alpha value is -6.91. The summed E-state index contributed by atoms with van der Waals surface area (Å²) in [4.78, 5) is 73.3. The smallest absolute Gasteiger partial charge is 0.246 e. The zero-order chi connectivity index (χ0) is 51.6. The number of thiazole rings is 1. The first-order valence-electron chi connectivity index (χ1n) is 24.3. The molecule has 0 unspecified atom stereocenters. The van der Waals surface area contributed by atoms with E-state index in [1.807, 2.05) is 76.2 Å². The molecule has 0 saturated carbocycles. The molecule has 21 heteroatoms. The molecule has 0 bridgehead atoms. The summed E-state index contributed by atoms with van der Waals surface area (Å²) in [6, 6.07) is 18.5. The third-order valence-corrected chi connectivity index (χ3v) is 13.8. The van der Waals surface area contributed by atoms with Gasteiger partial charge in [0, 0.05) is 63.5 Å². The Morgan fingerprint density at radius 3 is 2.37 bits per heavy atom. The fraction of sp³-hybridized carbons (Fsp3) is 0.423. The predicted octanol–water partition coefficient (Wildman–Crippen LogP) is 4.35. The highest BCUT2D eigenvalue weighted by molar-refractivity contribution is 7.13. The van der Waals surface area contributed by atoms with Crippen LogP contribution in [0.3, 0.4) is 0 Å². The second kappa shape index (κ2) is 23.8. The molecule has 6 aromatic rings. The number of piperazine rings is 1. The van der Waals surface area contributed by atoms with Crippen LogP contribution in [0.1, 0.15) is 38.4 Å². The van der Waals surface area contributed by atoms with Crippen LogP contribution in [0, 0.1) is 18.2 Å². The van der Waals surface area contributed by atoms with Gasteiger partial charge in [0.25, 0.3) is 0 Å². The quantitative estimate of drug-likeness (QED) is 0.0671. The maximum Gasteiger partial charge on any atom is 0.246 e. The molecule has 5 heterocycles. The summed E-state index contributed by atoms with van der Waals surface area (Å²) in [5.41, 5.74) is 7.83. The standard InChI is InChI=1S/C52H62FN11O8S/c1-32-47(73-31-57-32)35-11-9-33(10-12-35)26-56-50(68)40-25-37(65)28-64(40)51(69)48(52(2,3)4)58-43(67)30-72-24-23-71-22-17-54-42(66)29-62-18-20-63(21-19-62)36-15-13-34(14-16-36)45-46-39(60-61-45)27-55-49(59-46)44-38(53)7-6-8-41(44)70-5/h6-16,27,31,37,40,48,65H,17-26,28-30H2,1-5H3,(H,54,66)(H,56,68)(H,58,67)(H,60,61)/t37-,40+,48-/m1/s1. The summed E-state index contributed by atoms with van der Waals surface area (Å²) in [5, 5.41) is 26.6. The summed E-state index contributed by atoms with van der Waals surface area (Å²) in [7, 11) is 1.47. The minimum atomic E-state index is -0.988. The molecule has 4 amide bonds. The van der Waals surface area contributed by atoms with E-state index >= 15 is 0 Å². The van der Waals surface area contributed by atoms with Gasteiger partial charge in [-0.05, 0) is 47.7 Å². The monoisotopic (exact) mass is 1020 g/mol. The van der Waals surface area contributed by atoms with Crippen LogP contribution in [-0.2, 0) is 35.2 Å². The van der Waals surface area contributed by atoms with Gasteiger partial charge in [-0.15, -0.1) is 11.3 Å². The molecule has 73 heavy (non-hydrogen) atoms. The fourth-order valence-corrected chi connectivity index (χ4v) is 9.72. The van der Waals surface area contributed by atoms with Gasteiger partial charge >= 0.3 is 0 Å². The van der Waals surface area contributed by atoms with Crippen LogP contribution in [0.25, 0.3) is 44.1 Å². The van der Waals surface area contributed by atoms with E-state index in [0.29, 0.717) is 42.1 Å². The van der Waals surface area contributed by atoms with Gasteiger partial charge in [-0.1, -0.05) is 63.2 Å². The van der Waals surface area contributed by atoms with Crippen molar-refractivity contribution in [2.75, 3.05) is 84.3 Å². The van der Waals surface area contributed by atoms with Crippen LogP contribution in [0.15, 0.2) is 78.4 Å². The Balaban J connectivity index is 0.704. The van der Waals surface area contributed by atoms with Crippen molar-refractivity contribution in [3.63, 3.8) is 0 Å². The number of hydrogen-bond donors (Lipinski definition) is 5. The van der Waals surface area contributed by atoms with E-state index in [4.69, 9.17) is 14.2 Å².